The third-order valence-electron chi connectivity index (χ3n) is 5.25. The van der Waals surface area contributed by atoms with Crippen LogP contribution in [0.15, 0.2) is 36.4 Å². The summed E-state index contributed by atoms with van der Waals surface area (Å²) < 4.78 is 48.6. The predicted molar refractivity (Wildman–Crippen MR) is 106 cm³/mol. The molecule has 1 fully saturated rings. The van der Waals surface area contributed by atoms with Crippen molar-refractivity contribution in [1.29, 1.82) is 0 Å². The summed E-state index contributed by atoms with van der Waals surface area (Å²) in [6.45, 7) is 5.63. The Balaban J connectivity index is 2.07. The van der Waals surface area contributed by atoms with Crippen LogP contribution in [0.3, 0.4) is 0 Å². The largest absolute Gasteiger partial charge is 0.493 e. The Kier molecular flexibility index (Phi) is 6.08. The first-order valence-electron chi connectivity index (χ1n) is 9.94. The van der Waals surface area contributed by atoms with E-state index in [2.05, 4.69) is 12.3 Å². The maximum Gasteiger partial charge on any atom is 0.410 e. The zero-order valence-corrected chi connectivity index (χ0v) is 17.0. The van der Waals surface area contributed by atoms with Crippen molar-refractivity contribution in [2.24, 2.45) is 5.41 Å². The van der Waals surface area contributed by atoms with Gasteiger partial charge in [-0.15, -0.1) is 0 Å². The molecule has 1 heterocycles. The maximum atomic E-state index is 14.2. The number of ether oxygens (including phenoxy) is 1. The van der Waals surface area contributed by atoms with Gasteiger partial charge < -0.3 is 4.74 Å². The number of hydrazine groups is 1. The maximum absolute atomic E-state index is 14.2. The molecule has 1 unspecified atom stereocenters. The van der Waals surface area contributed by atoms with Gasteiger partial charge in [-0.1, -0.05) is 56.2 Å². The molecule has 0 aliphatic carbocycles. The van der Waals surface area contributed by atoms with Gasteiger partial charge in [-0.2, -0.15) is 13.2 Å². The monoisotopic (exact) mass is 408 g/mol. The number of carbonyl (C=O) groups is 1. The summed E-state index contributed by atoms with van der Waals surface area (Å²) in [6, 6.07) is 8.40. The van der Waals surface area contributed by atoms with Gasteiger partial charge in [0.15, 0.2) is 6.04 Å². The number of amides is 1. The molecule has 3 rings (SSSR count). The average molecular weight is 408 g/mol. The van der Waals surface area contributed by atoms with Crippen LogP contribution in [0.2, 0.25) is 0 Å². The highest BCUT2D eigenvalue weighted by Crippen LogP contribution is 2.45. The van der Waals surface area contributed by atoms with Gasteiger partial charge in [0.25, 0.3) is 0 Å². The molecule has 1 atom stereocenters. The number of halogens is 3. The molecule has 4 nitrogen and oxygen atoms in total. The third kappa shape index (κ3) is 4.50. The highest BCUT2D eigenvalue weighted by molar-refractivity contribution is 5.90. The van der Waals surface area contributed by atoms with Crippen molar-refractivity contribution in [3.63, 3.8) is 0 Å². The number of nitrogens with one attached hydrogen (secondary N) is 1. The van der Waals surface area contributed by atoms with E-state index < -0.39 is 23.5 Å². The van der Waals surface area contributed by atoms with E-state index in [-0.39, 0.29) is 17.9 Å². The van der Waals surface area contributed by atoms with Crippen LogP contribution in [-0.4, -0.2) is 30.2 Å². The van der Waals surface area contributed by atoms with Gasteiger partial charge in [0.2, 0.25) is 5.91 Å². The fourth-order valence-electron chi connectivity index (χ4n) is 3.66. The molecule has 7 heteroatoms. The van der Waals surface area contributed by atoms with Gasteiger partial charge in [-0.3, -0.25) is 10.2 Å². The Morgan fingerprint density at radius 2 is 1.90 bits per heavy atom. The topological polar surface area (TPSA) is 41.6 Å². The summed E-state index contributed by atoms with van der Waals surface area (Å²) in [4.78, 5) is 12.2. The number of nitrogens with zero attached hydrogens (tertiary/aromatic N) is 1. The van der Waals surface area contributed by atoms with Crippen LogP contribution in [-0.2, 0) is 4.79 Å². The van der Waals surface area contributed by atoms with Crippen molar-refractivity contribution in [3.05, 3.63) is 42.0 Å². The molecule has 29 heavy (non-hydrogen) atoms. The van der Waals surface area contributed by atoms with Gasteiger partial charge in [-0.25, -0.2) is 5.01 Å². The third-order valence-corrected chi connectivity index (χ3v) is 5.25. The van der Waals surface area contributed by atoms with E-state index in [1.54, 1.807) is 32.0 Å². The first-order chi connectivity index (χ1) is 13.6. The minimum Gasteiger partial charge on any atom is -0.493 e. The number of alkyl halides is 3. The molecule has 1 saturated heterocycles. The van der Waals surface area contributed by atoms with E-state index in [0.29, 0.717) is 12.0 Å². The molecule has 0 spiro atoms. The molecule has 1 aliphatic heterocycles. The van der Waals surface area contributed by atoms with E-state index in [4.69, 9.17) is 4.74 Å². The molecular formula is C22H27F3N2O2. The van der Waals surface area contributed by atoms with Crippen LogP contribution in [0, 0.1) is 5.41 Å². The standard InChI is InChI=1S/C22H27F3N2O2/c1-4-5-8-13-29-18-16-10-7-6-9-15(16)11-12-17(18)19(22(23,24)25)27-14-21(2,3)20(28)26-27/h6-7,9-12,19H,4-5,8,13-14H2,1-3H3,(H,26,28). The van der Waals surface area contributed by atoms with Crippen molar-refractivity contribution in [2.75, 3.05) is 13.2 Å². The number of hydrogen-bond donors (Lipinski definition) is 1. The van der Waals surface area contributed by atoms with Crippen LogP contribution in [0.1, 0.15) is 51.6 Å². The first-order valence-corrected chi connectivity index (χ1v) is 9.94. The number of hydrogen-bond acceptors (Lipinski definition) is 3. The zero-order chi connectivity index (χ0) is 21.2. The SMILES string of the molecule is CCCCCOc1c(C(N2CC(C)(C)C(=O)N2)C(F)(F)F)ccc2ccccc12. The van der Waals surface area contributed by atoms with E-state index in [9.17, 15) is 18.0 Å². The normalized spacial score (nSPS) is 18.1. The summed E-state index contributed by atoms with van der Waals surface area (Å²) in [5, 5.41) is 2.44. The van der Waals surface area contributed by atoms with Crippen molar-refractivity contribution in [1.82, 2.24) is 10.4 Å². The van der Waals surface area contributed by atoms with Crippen LogP contribution < -0.4 is 10.2 Å². The van der Waals surface area contributed by atoms with Crippen molar-refractivity contribution in [2.45, 2.75) is 52.3 Å². The Morgan fingerprint density at radius 1 is 1.17 bits per heavy atom. The average Bonchev–Trinajstić information content (AvgIpc) is 2.91. The molecular weight excluding hydrogens is 381 g/mol. The summed E-state index contributed by atoms with van der Waals surface area (Å²) >= 11 is 0. The second kappa shape index (κ2) is 8.22. The summed E-state index contributed by atoms with van der Waals surface area (Å²) in [5.74, 6) is -0.182. The Bertz CT molecular complexity index is 880. The Morgan fingerprint density at radius 3 is 2.52 bits per heavy atom. The van der Waals surface area contributed by atoms with Gasteiger partial charge in [-0.05, 0) is 25.7 Å². The quantitative estimate of drug-likeness (QED) is 0.625. The number of rotatable bonds is 7. The fourth-order valence-corrected chi connectivity index (χ4v) is 3.66. The molecule has 0 aromatic heterocycles. The molecule has 1 amide bonds. The van der Waals surface area contributed by atoms with Gasteiger partial charge in [0.1, 0.15) is 5.75 Å². The molecule has 0 radical (unpaired) electrons. The van der Waals surface area contributed by atoms with Crippen LogP contribution in [0.25, 0.3) is 10.8 Å². The molecule has 1 aliphatic rings. The highest BCUT2D eigenvalue weighted by atomic mass is 19.4. The zero-order valence-electron chi connectivity index (χ0n) is 17.0. The van der Waals surface area contributed by atoms with Crippen LogP contribution >= 0.6 is 0 Å². The number of carbonyl (C=O) groups excluding carboxylic acids is 1. The van der Waals surface area contributed by atoms with Crippen molar-refractivity contribution < 1.29 is 22.7 Å². The lowest BCUT2D eigenvalue weighted by Crippen LogP contribution is -2.43. The van der Waals surface area contributed by atoms with Gasteiger partial charge >= 0.3 is 6.18 Å². The van der Waals surface area contributed by atoms with Crippen LogP contribution in [0.5, 0.6) is 5.75 Å². The predicted octanol–water partition coefficient (Wildman–Crippen LogP) is 5.39. The van der Waals surface area contributed by atoms with Gasteiger partial charge in [0.05, 0.1) is 12.0 Å². The smallest absolute Gasteiger partial charge is 0.410 e. The lowest BCUT2D eigenvalue weighted by molar-refractivity contribution is -0.192. The highest BCUT2D eigenvalue weighted by Gasteiger charge is 2.52. The molecule has 158 valence electrons. The summed E-state index contributed by atoms with van der Waals surface area (Å²) in [7, 11) is 0. The lowest BCUT2D eigenvalue weighted by atomic mass is 9.93. The second-order valence-electron chi connectivity index (χ2n) is 8.16. The molecule has 0 bridgehead atoms. The van der Waals surface area contributed by atoms with Crippen molar-refractivity contribution in [3.8, 4) is 5.75 Å². The number of benzene rings is 2. The minimum absolute atomic E-state index is 0.0192. The van der Waals surface area contributed by atoms with E-state index >= 15 is 0 Å². The Hall–Kier alpha value is -2.28. The number of unbranched alkanes of at least 4 members (excludes halogenated alkanes) is 2. The molecule has 1 N–H and O–H groups in total. The summed E-state index contributed by atoms with van der Waals surface area (Å²) in [6.07, 6.45) is -1.88. The molecule has 0 saturated carbocycles. The summed E-state index contributed by atoms with van der Waals surface area (Å²) in [5.41, 5.74) is 1.54. The first kappa shape index (κ1) is 21.4. The number of fused-ring (bicyclic) bond motifs is 1. The second-order valence-corrected chi connectivity index (χ2v) is 8.16. The Labute approximate surface area is 169 Å². The fraction of sp³-hybridized carbons (Fsp3) is 0.500. The van der Waals surface area contributed by atoms with E-state index in [1.807, 2.05) is 12.1 Å². The minimum atomic E-state index is -4.59. The van der Waals surface area contributed by atoms with E-state index in [0.717, 1.165) is 29.7 Å². The van der Waals surface area contributed by atoms with E-state index in [1.165, 1.54) is 6.07 Å². The van der Waals surface area contributed by atoms with Gasteiger partial charge in [0, 0.05) is 17.5 Å². The van der Waals surface area contributed by atoms with Crippen molar-refractivity contribution >= 4 is 16.7 Å². The molecule has 2 aromatic carbocycles. The molecule has 2 aromatic rings. The lowest BCUT2D eigenvalue weighted by Gasteiger charge is -2.31. The van der Waals surface area contributed by atoms with Crippen LogP contribution in [0.4, 0.5) is 13.2 Å².